The quantitative estimate of drug-likeness (QED) is 0.700. The average molecular weight is 200 g/mol. The van der Waals surface area contributed by atoms with Gasteiger partial charge in [0, 0.05) is 25.4 Å². The number of rotatable bonds is 1. The van der Waals surface area contributed by atoms with E-state index in [1.54, 1.807) is 0 Å². The van der Waals surface area contributed by atoms with Crippen molar-refractivity contribution in [2.45, 2.75) is 44.3 Å². The van der Waals surface area contributed by atoms with E-state index in [0.29, 0.717) is 6.61 Å². The van der Waals surface area contributed by atoms with Gasteiger partial charge in [0.05, 0.1) is 13.2 Å². The first-order valence-electron chi connectivity index (χ1n) is 5.73. The molecule has 2 rings (SSSR count). The van der Waals surface area contributed by atoms with Crippen LogP contribution in [0.15, 0.2) is 0 Å². The Morgan fingerprint density at radius 3 is 2.64 bits per heavy atom. The van der Waals surface area contributed by atoms with Crippen molar-refractivity contribution >= 4 is 0 Å². The van der Waals surface area contributed by atoms with Crippen LogP contribution in [-0.2, 0) is 9.47 Å². The summed E-state index contributed by atoms with van der Waals surface area (Å²) in [5, 5.41) is 9.07. The van der Waals surface area contributed by atoms with Gasteiger partial charge in [0.2, 0.25) is 0 Å². The van der Waals surface area contributed by atoms with Crippen LogP contribution in [0.4, 0.5) is 0 Å². The molecule has 1 saturated carbocycles. The molecule has 0 bridgehead atoms. The normalized spacial score (nSPS) is 32.8. The number of aliphatic hydroxyl groups excluding tert-OH is 1. The maximum absolute atomic E-state index is 9.07. The monoisotopic (exact) mass is 200 g/mol. The first kappa shape index (κ1) is 10.4. The Hall–Kier alpha value is -0.120. The molecule has 1 aliphatic heterocycles. The summed E-state index contributed by atoms with van der Waals surface area (Å²) in [6, 6.07) is 0. The zero-order chi connectivity index (χ0) is 9.86. The lowest BCUT2D eigenvalue weighted by molar-refractivity contribution is -0.242. The topological polar surface area (TPSA) is 38.7 Å². The van der Waals surface area contributed by atoms with Crippen LogP contribution in [0.2, 0.25) is 0 Å². The molecule has 1 unspecified atom stereocenters. The minimum absolute atomic E-state index is 0.222. The molecule has 0 aromatic heterocycles. The third-order valence-corrected chi connectivity index (χ3v) is 3.35. The molecule has 1 spiro atoms. The van der Waals surface area contributed by atoms with Crippen LogP contribution in [0.3, 0.4) is 0 Å². The van der Waals surface area contributed by atoms with Crippen LogP contribution in [-0.4, -0.2) is 30.7 Å². The van der Waals surface area contributed by atoms with Crippen LogP contribution < -0.4 is 0 Å². The molecule has 1 aliphatic carbocycles. The van der Waals surface area contributed by atoms with Gasteiger partial charge < -0.3 is 14.6 Å². The molecule has 0 aromatic carbocycles. The second-order valence-corrected chi connectivity index (χ2v) is 4.47. The van der Waals surface area contributed by atoms with Gasteiger partial charge in [0.1, 0.15) is 0 Å². The Morgan fingerprint density at radius 1 is 1.14 bits per heavy atom. The highest BCUT2D eigenvalue weighted by Crippen LogP contribution is 2.35. The summed E-state index contributed by atoms with van der Waals surface area (Å²) in [4.78, 5) is 0. The van der Waals surface area contributed by atoms with Crippen molar-refractivity contribution in [1.82, 2.24) is 0 Å². The maximum Gasteiger partial charge on any atom is 0.168 e. The predicted octanol–water partition coefficient (Wildman–Crippen LogP) is 1.69. The molecule has 3 heteroatoms. The van der Waals surface area contributed by atoms with Gasteiger partial charge in [0.25, 0.3) is 0 Å². The Bertz CT molecular complexity index is 175. The average Bonchev–Trinajstić information content (AvgIpc) is 2.42. The van der Waals surface area contributed by atoms with Crippen molar-refractivity contribution < 1.29 is 14.6 Å². The summed E-state index contributed by atoms with van der Waals surface area (Å²) in [5.74, 6) is -0.0152. The minimum Gasteiger partial charge on any atom is -0.396 e. The van der Waals surface area contributed by atoms with Crippen LogP contribution >= 0.6 is 0 Å². The lowest BCUT2D eigenvalue weighted by Gasteiger charge is -2.35. The van der Waals surface area contributed by atoms with Crippen LogP contribution in [0.1, 0.15) is 38.5 Å². The van der Waals surface area contributed by atoms with Crippen LogP contribution in [0, 0.1) is 5.92 Å². The fraction of sp³-hybridized carbons (Fsp3) is 1.00. The largest absolute Gasteiger partial charge is 0.396 e. The van der Waals surface area contributed by atoms with Crippen molar-refractivity contribution in [3.05, 3.63) is 0 Å². The maximum atomic E-state index is 9.07. The zero-order valence-corrected chi connectivity index (χ0v) is 8.71. The standard InChI is InChI=1S/C11H20O3/c12-8-10-4-7-13-11(14-9-10)5-2-1-3-6-11/h10,12H,1-9H2. The van der Waals surface area contributed by atoms with E-state index >= 15 is 0 Å². The zero-order valence-electron chi connectivity index (χ0n) is 8.71. The van der Waals surface area contributed by atoms with E-state index < -0.39 is 0 Å². The SMILES string of the molecule is OCC1CCOC2(CCCCC2)OC1. The van der Waals surface area contributed by atoms with Gasteiger partial charge >= 0.3 is 0 Å². The molecular formula is C11H20O3. The summed E-state index contributed by atoms with van der Waals surface area (Å²) in [6.45, 7) is 1.63. The number of hydrogen-bond donors (Lipinski definition) is 1. The number of hydrogen-bond acceptors (Lipinski definition) is 3. The Morgan fingerprint density at radius 2 is 1.93 bits per heavy atom. The van der Waals surface area contributed by atoms with E-state index in [1.165, 1.54) is 19.3 Å². The van der Waals surface area contributed by atoms with Crippen LogP contribution in [0.25, 0.3) is 0 Å². The third-order valence-electron chi connectivity index (χ3n) is 3.35. The van der Waals surface area contributed by atoms with Crippen molar-refractivity contribution in [3.8, 4) is 0 Å². The summed E-state index contributed by atoms with van der Waals surface area (Å²) >= 11 is 0. The smallest absolute Gasteiger partial charge is 0.168 e. The lowest BCUT2D eigenvalue weighted by Crippen LogP contribution is -2.37. The van der Waals surface area contributed by atoms with Crippen molar-refractivity contribution in [2.75, 3.05) is 19.8 Å². The molecule has 1 atom stereocenters. The number of ether oxygens (including phenoxy) is 2. The Balaban J connectivity index is 1.92. The molecular weight excluding hydrogens is 180 g/mol. The summed E-state index contributed by atoms with van der Waals surface area (Å²) < 4.78 is 11.7. The summed E-state index contributed by atoms with van der Waals surface area (Å²) in [5.41, 5.74) is 0. The Kier molecular flexibility index (Phi) is 3.42. The van der Waals surface area contributed by atoms with E-state index in [-0.39, 0.29) is 18.3 Å². The van der Waals surface area contributed by atoms with Crippen molar-refractivity contribution in [1.29, 1.82) is 0 Å². The fourth-order valence-electron chi connectivity index (χ4n) is 2.33. The minimum atomic E-state index is -0.290. The highest BCUT2D eigenvalue weighted by atomic mass is 16.7. The van der Waals surface area contributed by atoms with Gasteiger partial charge in [-0.25, -0.2) is 0 Å². The van der Waals surface area contributed by atoms with E-state index in [1.807, 2.05) is 0 Å². The second kappa shape index (κ2) is 4.60. The van der Waals surface area contributed by atoms with Gasteiger partial charge in [-0.1, -0.05) is 6.42 Å². The van der Waals surface area contributed by atoms with Crippen molar-refractivity contribution in [3.63, 3.8) is 0 Å². The molecule has 1 heterocycles. The highest BCUT2D eigenvalue weighted by molar-refractivity contribution is 4.78. The van der Waals surface area contributed by atoms with Crippen molar-refractivity contribution in [2.24, 2.45) is 5.92 Å². The lowest BCUT2D eigenvalue weighted by atomic mass is 9.94. The Labute approximate surface area is 85.4 Å². The van der Waals surface area contributed by atoms with E-state index in [0.717, 1.165) is 25.9 Å². The molecule has 14 heavy (non-hydrogen) atoms. The number of aliphatic hydroxyl groups is 1. The molecule has 2 fully saturated rings. The molecule has 3 nitrogen and oxygen atoms in total. The first-order chi connectivity index (χ1) is 6.85. The van der Waals surface area contributed by atoms with E-state index in [2.05, 4.69) is 0 Å². The van der Waals surface area contributed by atoms with E-state index in [4.69, 9.17) is 14.6 Å². The highest BCUT2D eigenvalue weighted by Gasteiger charge is 2.36. The molecule has 1 saturated heterocycles. The molecule has 0 amide bonds. The van der Waals surface area contributed by atoms with Gasteiger partial charge in [-0.3, -0.25) is 0 Å². The third kappa shape index (κ3) is 2.27. The summed E-state index contributed by atoms with van der Waals surface area (Å²) in [6.07, 6.45) is 6.72. The van der Waals surface area contributed by atoms with Crippen LogP contribution in [0.5, 0.6) is 0 Å². The molecule has 2 aliphatic rings. The summed E-state index contributed by atoms with van der Waals surface area (Å²) in [7, 11) is 0. The van der Waals surface area contributed by atoms with Gasteiger partial charge in [-0.15, -0.1) is 0 Å². The fourth-order valence-corrected chi connectivity index (χ4v) is 2.33. The van der Waals surface area contributed by atoms with Gasteiger partial charge in [-0.2, -0.15) is 0 Å². The van der Waals surface area contributed by atoms with E-state index in [9.17, 15) is 0 Å². The molecule has 0 aromatic rings. The second-order valence-electron chi connectivity index (χ2n) is 4.47. The predicted molar refractivity (Wildman–Crippen MR) is 52.9 cm³/mol. The molecule has 1 N–H and O–H groups in total. The van der Waals surface area contributed by atoms with Gasteiger partial charge in [-0.05, 0) is 19.3 Å². The molecule has 82 valence electrons. The molecule has 0 radical (unpaired) electrons. The first-order valence-corrected chi connectivity index (χ1v) is 5.73. The van der Waals surface area contributed by atoms with Gasteiger partial charge in [0.15, 0.2) is 5.79 Å².